The summed E-state index contributed by atoms with van der Waals surface area (Å²) >= 11 is 0. The van der Waals surface area contributed by atoms with Gasteiger partial charge in [-0.05, 0) is 19.9 Å². The molecule has 0 aliphatic carbocycles. The molecular formula is C13H15BF3N2O-. The van der Waals surface area contributed by atoms with Crippen LogP contribution in [0.3, 0.4) is 0 Å². The molecule has 20 heavy (non-hydrogen) atoms. The van der Waals surface area contributed by atoms with Gasteiger partial charge in [0.15, 0.2) is 0 Å². The number of ether oxygens (including phenoxy) is 1. The molecule has 0 unspecified atom stereocenters. The predicted molar refractivity (Wildman–Crippen MR) is 72.1 cm³/mol. The highest BCUT2D eigenvalue weighted by Gasteiger charge is 2.29. The van der Waals surface area contributed by atoms with E-state index in [1.54, 1.807) is 30.1 Å². The first-order valence-corrected chi connectivity index (χ1v) is 6.34. The minimum absolute atomic E-state index is 0.0716. The van der Waals surface area contributed by atoms with Crippen LogP contribution in [0.25, 0.3) is 0 Å². The molecule has 3 nitrogen and oxygen atoms in total. The fraction of sp³-hybridized carbons (Fsp3) is 0.308. The van der Waals surface area contributed by atoms with Gasteiger partial charge < -0.3 is 17.7 Å². The van der Waals surface area contributed by atoms with Gasteiger partial charge in [0.25, 0.3) is 0 Å². The molecule has 0 aliphatic heterocycles. The van der Waals surface area contributed by atoms with Gasteiger partial charge in [0.05, 0.1) is 11.9 Å². The molecule has 1 aromatic heterocycles. The van der Waals surface area contributed by atoms with Crippen molar-refractivity contribution in [2.45, 2.75) is 27.0 Å². The monoisotopic (exact) mass is 283 g/mol. The lowest BCUT2D eigenvalue weighted by atomic mass is 9.78. The van der Waals surface area contributed by atoms with Crippen LogP contribution in [-0.4, -0.2) is 16.8 Å². The Morgan fingerprint density at radius 1 is 1.30 bits per heavy atom. The standard InChI is InChI=1S/C13H15BF3N2O/c1-3-19-8-11(7-18-19)9-20-13-5-4-10(2)6-12(13)14(15,16)17/h4-8H,3,9H2,1-2H3/q-1. The number of rotatable bonds is 5. The summed E-state index contributed by atoms with van der Waals surface area (Å²) in [4.78, 5) is 0. The van der Waals surface area contributed by atoms with E-state index in [-0.39, 0.29) is 12.4 Å². The van der Waals surface area contributed by atoms with E-state index in [1.165, 1.54) is 6.07 Å². The van der Waals surface area contributed by atoms with Crippen molar-refractivity contribution in [3.8, 4) is 5.75 Å². The van der Waals surface area contributed by atoms with E-state index in [1.807, 2.05) is 6.92 Å². The third-order valence-electron chi connectivity index (χ3n) is 2.92. The van der Waals surface area contributed by atoms with Gasteiger partial charge in [-0.25, -0.2) is 0 Å². The van der Waals surface area contributed by atoms with Gasteiger partial charge >= 0.3 is 6.98 Å². The third kappa shape index (κ3) is 3.34. The summed E-state index contributed by atoms with van der Waals surface area (Å²) in [7, 11) is 0. The summed E-state index contributed by atoms with van der Waals surface area (Å²) in [5.41, 5.74) is 0.617. The Morgan fingerprint density at radius 3 is 2.65 bits per heavy atom. The molecule has 0 spiro atoms. The zero-order valence-corrected chi connectivity index (χ0v) is 11.3. The van der Waals surface area contributed by atoms with Gasteiger partial charge in [-0.3, -0.25) is 4.68 Å². The van der Waals surface area contributed by atoms with Crippen LogP contribution in [0.4, 0.5) is 12.9 Å². The predicted octanol–water partition coefficient (Wildman–Crippen LogP) is 2.84. The zero-order chi connectivity index (χ0) is 14.8. The normalized spacial score (nSPS) is 11.7. The molecule has 0 fully saturated rings. The molecule has 0 amide bonds. The highest BCUT2D eigenvalue weighted by molar-refractivity contribution is 6.74. The van der Waals surface area contributed by atoms with Crippen LogP contribution in [0, 0.1) is 6.92 Å². The Bertz CT molecular complexity index is 596. The molecule has 0 aliphatic rings. The van der Waals surface area contributed by atoms with Crippen LogP contribution in [0.5, 0.6) is 5.75 Å². The summed E-state index contributed by atoms with van der Waals surface area (Å²) in [5.74, 6) is -0.132. The van der Waals surface area contributed by atoms with Gasteiger partial charge in [0.1, 0.15) is 6.61 Å². The second-order valence-electron chi connectivity index (χ2n) is 4.61. The van der Waals surface area contributed by atoms with Gasteiger partial charge in [-0.15, -0.1) is 0 Å². The van der Waals surface area contributed by atoms with Gasteiger partial charge in [0.2, 0.25) is 0 Å². The maximum Gasteiger partial charge on any atom is 0.513 e. The van der Waals surface area contributed by atoms with E-state index in [0.29, 0.717) is 12.1 Å². The van der Waals surface area contributed by atoms with E-state index < -0.39 is 12.4 Å². The number of hydrogen-bond acceptors (Lipinski definition) is 2. The van der Waals surface area contributed by atoms with E-state index >= 15 is 0 Å². The van der Waals surface area contributed by atoms with E-state index in [0.717, 1.165) is 11.6 Å². The first-order chi connectivity index (χ1) is 9.40. The number of benzene rings is 1. The highest BCUT2D eigenvalue weighted by Crippen LogP contribution is 2.20. The van der Waals surface area contributed by atoms with Crippen molar-refractivity contribution in [3.63, 3.8) is 0 Å². The fourth-order valence-corrected chi connectivity index (χ4v) is 1.87. The van der Waals surface area contributed by atoms with Crippen molar-refractivity contribution < 1.29 is 17.7 Å². The molecule has 0 saturated carbocycles. The highest BCUT2D eigenvalue weighted by atomic mass is 19.4. The first-order valence-electron chi connectivity index (χ1n) is 6.34. The first kappa shape index (κ1) is 14.5. The molecule has 108 valence electrons. The summed E-state index contributed by atoms with van der Waals surface area (Å²) < 4.78 is 45.9. The molecule has 7 heteroatoms. The zero-order valence-electron chi connectivity index (χ0n) is 11.3. The van der Waals surface area contributed by atoms with Gasteiger partial charge in [-0.1, -0.05) is 23.2 Å². The van der Waals surface area contributed by atoms with Crippen LogP contribution >= 0.6 is 0 Å². The minimum atomic E-state index is -5.08. The molecule has 2 rings (SSSR count). The van der Waals surface area contributed by atoms with Crippen LogP contribution in [0.1, 0.15) is 18.1 Å². The van der Waals surface area contributed by atoms with Crippen molar-refractivity contribution in [1.29, 1.82) is 0 Å². The average Bonchev–Trinajstić information content (AvgIpc) is 2.84. The number of hydrogen-bond donors (Lipinski definition) is 0. The number of aryl methyl sites for hydroxylation is 2. The fourth-order valence-electron chi connectivity index (χ4n) is 1.87. The van der Waals surface area contributed by atoms with Crippen LogP contribution < -0.4 is 10.2 Å². The molecule has 0 N–H and O–H groups in total. The third-order valence-corrected chi connectivity index (χ3v) is 2.92. The average molecular weight is 283 g/mol. The molecule has 2 aromatic rings. The van der Waals surface area contributed by atoms with Crippen LogP contribution in [0.2, 0.25) is 0 Å². The summed E-state index contributed by atoms with van der Waals surface area (Å²) in [6, 6.07) is 4.09. The maximum atomic E-state index is 13.0. The maximum absolute atomic E-state index is 13.0. The lowest BCUT2D eigenvalue weighted by molar-refractivity contribution is 0.306. The SMILES string of the molecule is CCn1cc(COc2ccc(C)cc2[B-](F)(F)F)cn1. The topological polar surface area (TPSA) is 27.1 Å². The summed E-state index contributed by atoms with van der Waals surface area (Å²) in [6.45, 7) is -0.745. The van der Waals surface area contributed by atoms with Crippen molar-refractivity contribution in [2.24, 2.45) is 0 Å². The Morgan fingerprint density at radius 2 is 2.05 bits per heavy atom. The molecule has 0 bridgehead atoms. The summed E-state index contributed by atoms with van der Waals surface area (Å²) in [6.07, 6.45) is 3.35. The van der Waals surface area contributed by atoms with Crippen molar-refractivity contribution in [3.05, 3.63) is 41.7 Å². The molecule has 0 saturated heterocycles. The Balaban J connectivity index is 2.17. The Hall–Kier alpha value is -1.92. The van der Waals surface area contributed by atoms with Crippen molar-refractivity contribution >= 4 is 12.4 Å². The largest absolute Gasteiger partial charge is 0.513 e. The molecular weight excluding hydrogens is 268 g/mol. The van der Waals surface area contributed by atoms with Gasteiger partial charge in [-0.2, -0.15) is 5.10 Å². The lowest BCUT2D eigenvalue weighted by Gasteiger charge is -2.20. The number of nitrogens with zero attached hydrogens (tertiary/aromatic N) is 2. The second-order valence-corrected chi connectivity index (χ2v) is 4.61. The molecule has 0 radical (unpaired) electrons. The molecule has 1 heterocycles. The Labute approximate surface area is 115 Å². The minimum Gasteiger partial charge on any atom is -0.492 e. The summed E-state index contributed by atoms with van der Waals surface area (Å²) in [5, 5.41) is 4.05. The van der Waals surface area contributed by atoms with E-state index in [9.17, 15) is 12.9 Å². The quantitative estimate of drug-likeness (QED) is 0.789. The van der Waals surface area contributed by atoms with Crippen LogP contribution in [0.15, 0.2) is 30.6 Å². The van der Waals surface area contributed by atoms with Crippen molar-refractivity contribution in [2.75, 3.05) is 0 Å². The second kappa shape index (κ2) is 5.60. The van der Waals surface area contributed by atoms with E-state index in [4.69, 9.17) is 4.74 Å². The number of halogens is 3. The van der Waals surface area contributed by atoms with E-state index in [2.05, 4.69) is 5.10 Å². The smallest absolute Gasteiger partial charge is 0.492 e. The lowest BCUT2D eigenvalue weighted by Crippen LogP contribution is -2.35. The van der Waals surface area contributed by atoms with Crippen LogP contribution in [-0.2, 0) is 13.2 Å². The molecule has 1 aromatic carbocycles. The Kier molecular flexibility index (Phi) is 4.06. The van der Waals surface area contributed by atoms with Gasteiger partial charge in [0, 0.05) is 18.3 Å². The number of aromatic nitrogens is 2. The van der Waals surface area contributed by atoms with Crippen molar-refractivity contribution in [1.82, 2.24) is 9.78 Å². The molecule has 0 atom stereocenters.